The molecule has 5 heteroatoms. The molecule has 0 unspecified atom stereocenters. The second-order valence-corrected chi connectivity index (χ2v) is 6.52. The number of aryl methyl sites for hydroxylation is 5. The minimum Gasteiger partial charge on any atom is -0.337 e. The lowest BCUT2D eigenvalue weighted by Gasteiger charge is -1.98. The van der Waals surface area contributed by atoms with Crippen molar-refractivity contribution in [3.05, 3.63) is 71.6 Å². The number of aromatic nitrogens is 5. The maximum Gasteiger partial charge on any atom is 0.158 e. The first kappa shape index (κ1) is 15.6. The van der Waals surface area contributed by atoms with Gasteiger partial charge in [0.2, 0.25) is 0 Å². The maximum absolute atomic E-state index is 4.78. The highest BCUT2D eigenvalue weighted by atomic mass is 15.3. The Labute approximate surface area is 147 Å². The highest BCUT2D eigenvalue weighted by molar-refractivity contribution is 5.58. The molecule has 0 N–H and O–H groups in total. The van der Waals surface area contributed by atoms with Gasteiger partial charge in [-0.05, 0) is 25.0 Å². The Hall–Kier alpha value is -2.95. The van der Waals surface area contributed by atoms with E-state index in [-0.39, 0.29) is 0 Å². The third-order valence-electron chi connectivity index (χ3n) is 4.41. The average molecular weight is 331 g/mol. The van der Waals surface area contributed by atoms with Crippen molar-refractivity contribution < 1.29 is 0 Å². The molecule has 0 radical (unpaired) electrons. The number of nitrogens with zero attached hydrogens (tertiary/aromatic N) is 5. The SMILES string of the molecule is Cc1cc(C)c2nc(CCc3nc(-c4ccccc4)cn3C)nn2c1. The molecule has 3 aromatic heterocycles. The van der Waals surface area contributed by atoms with Crippen molar-refractivity contribution in [2.24, 2.45) is 7.05 Å². The maximum atomic E-state index is 4.78. The molecule has 4 rings (SSSR count). The molecule has 4 aromatic rings. The Balaban J connectivity index is 1.56. The summed E-state index contributed by atoms with van der Waals surface area (Å²) in [6.07, 6.45) is 5.69. The van der Waals surface area contributed by atoms with Gasteiger partial charge in [0.05, 0.1) is 5.69 Å². The molecule has 0 saturated carbocycles. The average Bonchev–Trinajstić information content (AvgIpc) is 3.17. The first-order chi connectivity index (χ1) is 12.1. The number of fused-ring (bicyclic) bond motifs is 1. The molecule has 0 fully saturated rings. The summed E-state index contributed by atoms with van der Waals surface area (Å²) in [5.74, 6) is 1.91. The fraction of sp³-hybridized carbons (Fsp3) is 0.250. The van der Waals surface area contributed by atoms with Crippen molar-refractivity contribution in [1.82, 2.24) is 24.1 Å². The van der Waals surface area contributed by atoms with Gasteiger partial charge in [-0.2, -0.15) is 5.10 Å². The fourth-order valence-corrected chi connectivity index (χ4v) is 3.18. The summed E-state index contributed by atoms with van der Waals surface area (Å²) in [4.78, 5) is 9.46. The van der Waals surface area contributed by atoms with Crippen LogP contribution in [0.4, 0.5) is 0 Å². The van der Waals surface area contributed by atoms with Crippen LogP contribution in [-0.4, -0.2) is 24.1 Å². The van der Waals surface area contributed by atoms with Crippen molar-refractivity contribution in [3.63, 3.8) is 0 Å². The van der Waals surface area contributed by atoms with Crippen LogP contribution in [-0.2, 0) is 19.9 Å². The largest absolute Gasteiger partial charge is 0.337 e. The zero-order chi connectivity index (χ0) is 17.4. The second-order valence-electron chi connectivity index (χ2n) is 6.52. The standard InChI is InChI=1S/C20H21N5/c1-14-11-15(2)20-22-18(23-25(20)12-14)9-10-19-21-17(13-24(19)3)16-7-5-4-6-8-16/h4-8,11-13H,9-10H2,1-3H3. The number of pyridine rings is 1. The molecular formula is C20H21N5. The molecule has 0 bridgehead atoms. The van der Waals surface area contributed by atoms with E-state index in [9.17, 15) is 0 Å². The number of hydrogen-bond donors (Lipinski definition) is 0. The third-order valence-corrected chi connectivity index (χ3v) is 4.41. The van der Waals surface area contributed by atoms with E-state index in [1.165, 1.54) is 5.56 Å². The molecule has 1 aromatic carbocycles. The minimum atomic E-state index is 0.777. The van der Waals surface area contributed by atoms with E-state index in [0.29, 0.717) is 0 Å². The molecule has 0 spiro atoms. The van der Waals surface area contributed by atoms with Crippen LogP contribution in [0.25, 0.3) is 16.9 Å². The molecule has 0 saturated heterocycles. The molecule has 0 aliphatic carbocycles. The van der Waals surface area contributed by atoms with E-state index in [1.807, 2.05) is 36.0 Å². The highest BCUT2D eigenvalue weighted by Crippen LogP contribution is 2.18. The first-order valence-electron chi connectivity index (χ1n) is 8.50. The van der Waals surface area contributed by atoms with Gasteiger partial charge in [0.1, 0.15) is 5.82 Å². The van der Waals surface area contributed by atoms with E-state index < -0.39 is 0 Å². The Morgan fingerprint density at radius 1 is 0.960 bits per heavy atom. The first-order valence-corrected chi connectivity index (χ1v) is 8.50. The molecule has 0 aliphatic rings. The molecule has 126 valence electrons. The van der Waals surface area contributed by atoms with E-state index in [1.54, 1.807) is 0 Å². The molecule has 5 nitrogen and oxygen atoms in total. The number of hydrogen-bond acceptors (Lipinski definition) is 3. The zero-order valence-electron chi connectivity index (χ0n) is 14.8. The van der Waals surface area contributed by atoms with Crippen LogP contribution in [0.1, 0.15) is 22.8 Å². The third kappa shape index (κ3) is 3.05. The predicted octanol–water partition coefficient (Wildman–Crippen LogP) is 3.53. The van der Waals surface area contributed by atoms with Crippen molar-refractivity contribution in [2.45, 2.75) is 26.7 Å². The molecule has 0 atom stereocenters. The summed E-state index contributed by atoms with van der Waals surface area (Å²) in [5, 5.41) is 4.61. The van der Waals surface area contributed by atoms with Crippen LogP contribution in [0.5, 0.6) is 0 Å². The molecule has 25 heavy (non-hydrogen) atoms. The molecule has 3 heterocycles. The van der Waals surface area contributed by atoms with Crippen molar-refractivity contribution in [1.29, 1.82) is 0 Å². The quantitative estimate of drug-likeness (QED) is 0.575. The summed E-state index contributed by atoms with van der Waals surface area (Å²) < 4.78 is 3.97. The van der Waals surface area contributed by atoms with E-state index in [0.717, 1.165) is 47.0 Å². The normalized spacial score (nSPS) is 11.3. The Kier molecular flexibility index (Phi) is 3.84. The van der Waals surface area contributed by atoms with Crippen LogP contribution in [0, 0.1) is 13.8 Å². The summed E-state index contributed by atoms with van der Waals surface area (Å²) in [5.41, 5.74) is 5.43. The topological polar surface area (TPSA) is 48.0 Å². The molecular weight excluding hydrogens is 310 g/mol. The van der Waals surface area contributed by atoms with Crippen LogP contribution < -0.4 is 0 Å². The van der Waals surface area contributed by atoms with Gasteiger partial charge in [0, 0.05) is 37.8 Å². The van der Waals surface area contributed by atoms with Crippen molar-refractivity contribution in [3.8, 4) is 11.3 Å². The van der Waals surface area contributed by atoms with Crippen LogP contribution in [0.15, 0.2) is 48.8 Å². The van der Waals surface area contributed by atoms with E-state index in [2.05, 4.69) is 52.9 Å². The second kappa shape index (κ2) is 6.16. The summed E-state index contributed by atoms with van der Waals surface area (Å²) in [6.45, 7) is 4.15. The van der Waals surface area contributed by atoms with Gasteiger partial charge in [0.25, 0.3) is 0 Å². The van der Waals surface area contributed by atoms with Crippen molar-refractivity contribution >= 4 is 5.65 Å². The highest BCUT2D eigenvalue weighted by Gasteiger charge is 2.11. The van der Waals surface area contributed by atoms with E-state index >= 15 is 0 Å². The number of benzene rings is 1. The van der Waals surface area contributed by atoms with Gasteiger partial charge in [-0.25, -0.2) is 14.5 Å². The lowest BCUT2D eigenvalue weighted by atomic mass is 10.2. The summed E-state index contributed by atoms with van der Waals surface area (Å²) in [7, 11) is 2.04. The number of rotatable bonds is 4. The zero-order valence-corrected chi connectivity index (χ0v) is 14.8. The smallest absolute Gasteiger partial charge is 0.158 e. The molecule has 0 amide bonds. The van der Waals surface area contributed by atoms with Gasteiger partial charge < -0.3 is 4.57 Å². The van der Waals surface area contributed by atoms with Gasteiger partial charge in [0.15, 0.2) is 11.5 Å². The lowest BCUT2D eigenvalue weighted by Crippen LogP contribution is -2.01. The fourth-order valence-electron chi connectivity index (χ4n) is 3.18. The van der Waals surface area contributed by atoms with Gasteiger partial charge in [-0.3, -0.25) is 0 Å². The van der Waals surface area contributed by atoms with Crippen LogP contribution in [0.3, 0.4) is 0 Å². The summed E-state index contributed by atoms with van der Waals surface area (Å²) >= 11 is 0. The van der Waals surface area contributed by atoms with Gasteiger partial charge >= 0.3 is 0 Å². The Bertz CT molecular complexity index is 1030. The van der Waals surface area contributed by atoms with E-state index in [4.69, 9.17) is 4.98 Å². The van der Waals surface area contributed by atoms with Gasteiger partial charge in [-0.1, -0.05) is 36.4 Å². The molecule has 0 aliphatic heterocycles. The predicted molar refractivity (Wildman–Crippen MR) is 98.5 cm³/mol. The minimum absolute atomic E-state index is 0.777. The van der Waals surface area contributed by atoms with Crippen LogP contribution in [0.2, 0.25) is 0 Å². The monoisotopic (exact) mass is 331 g/mol. The van der Waals surface area contributed by atoms with Crippen molar-refractivity contribution in [2.75, 3.05) is 0 Å². The summed E-state index contributed by atoms with van der Waals surface area (Å²) in [6, 6.07) is 12.4. The Morgan fingerprint density at radius 2 is 1.76 bits per heavy atom. The number of imidazole rings is 1. The Morgan fingerprint density at radius 3 is 2.56 bits per heavy atom. The van der Waals surface area contributed by atoms with Crippen LogP contribution >= 0.6 is 0 Å². The van der Waals surface area contributed by atoms with Gasteiger partial charge in [-0.15, -0.1) is 0 Å². The lowest BCUT2D eigenvalue weighted by molar-refractivity contribution is 0.745.